The van der Waals surface area contributed by atoms with Crippen LogP contribution in [-0.2, 0) is 22.0 Å². The number of carbonyl (C=O) groups excluding carboxylic acids is 1. The number of rotatable bonds is 6. The number of hydrogen-bond acceptors (Lipinski definition) is 5. The van der Waals surface area contributed by atoms with E-state index in [1.54, 1.807) is 12.1 Å². The van der Waals surface area contributed by atoms with E-state index in [2.05, 4.69) is 68.0 Å². The van der Waals surface area contributed by atoms with Gasteiger partial charge in [-0.1, -0.05) is 53.7 Å². The lowest BCUT2D eigenvalue weighted by molar-refractivity contribution is -0.121. The molecule has 0 aliphatic carbocycles. The third-order valence-electron chi connectivity index (χ3n) is 5.10. The van der Waals surface area contributed by atoms with Gasteiger partial charge in [0.2, 0.25) is 5.91 Å². The average Bonchev–Trinajstić information content (AvgIpc) is 2.67. The summed E-state index contributed by atoms with van der Waals surface area (Å²) < 4.78 is 5.58. The summed E-state index contributed by atoms with van der Waals surface area (Å²) in [5, 5.41) is 24.7. The molecule has 0 aromatic heterocycles. The topological polar surface area (TPSA) is 91.2 Å². The largest absolute Gasteiger partial charge is 0.507 e. The van der Waals surface area contributed by atoms with Crippen molar-refractivity contribution in [3.8, 4) is 17.2 Å². The second-order valence-corrected chi connectivity index (χ2v) is 10.7. The van der Waals surface area contributed by atoms with Crippen LogP contribution < -0.4 is 10.2 Å². The summed E-state index contributed by atoms with van der Waals surface area (Å²) >= 11 is 3.26. The van der Waals surface area contributed by atoms with Crippen LogP contribution in [0.5, 0.6) is 17.2 Å². The van der Waals surface area contributed by atoms with Crippen molar-refractivity contribution >= 4 is 28.1 Å². The van der Waals surface area contributed by atoms with Crippen LogP contribution in [0.15, 0.2) is 33.8 Å². The maximum absolute atomic E-state index is 12.3. The molecule has 0 fully saturated rings. The van der Waals surface area contributed by atoms with Gasteiger partial charge in [-0.25, -0.2) is 5.43 Å². The molecule has 1 amide bonds. The molecule has 174 valence electrons. The maximum atomic E-state index is 12.3. The molecular formula is C25H33BrN2O4. The van der Waals surface area contributed by atoms with Gasteiger partial charge < -0.3 is 14.9 Å². The molecule has 0 spiro atoms. The second kappa shape index (κ2) is 9.94. The van der Waals surface area contributed by atoms with Crippen LogP contribution in [0, 0.1) is 0 Å². The summed E-state index contributed by atoms with van der Waals surface area (Å²) in [6.07, 6.45) is 2.28. The molecule has 2 rings (SSSR count). The summed E-state index contributed by atoms with van der Waals surface area (Å²) in [6.45, 7) is 12.4. The SMILES string of the molecule is COc1cc(C=NNC(=O)CCc2cc(C(C)(C)C)c(O)c(C(C)(C)C)c2)cc(Br)c1O. The molecule has 0 bridgehead atoms. The van der Waals surface area contributed by atoms with Crippen molar-refractivity contribution in [1.29, 1.82) is 0 Å². The van der Waals surface area contributed by atoms with Gasteiger partial charge in [-0.3, -0.25) is 4.79 Å². The molecule has 6 nitrogen and oxygen atoms in total. The predicted molar refractivity (Wildman–Crippen MR) is 132 cm³/mol. The molecular weight excluding hydrogens is 472 g/mol. The molecule has 0 saturated heterocycles. The van der Waals surface area contributed by atoms with E-state index in [9.17, 15) is 15.0 Å². The first-order valence-corrected chi connectivity index (χ1v) is 11.3. The van der Waals surface area contributed by atoms with Gasteiger partial charge in [0.25, 0.3) is 0 Å². The Morgan fingerprint density at radius 2 is 1.59 bits per heavy atom. The first-order chi connectivity index (χ1) is 14.7. The van der Waals surface area contributed by atoms with Crippen molar-refractivity contribution in [2.75, 3.05) is 7.11 Å². The van der Waals surface area contributed by atoms with Gasteiger partial charge in [0.05, 0.1) is 17.8 Å². The van der Waals surface area contributed by atoms with Crippen molar-refractivity contribution in [3.05, 3.63) is 51.0 Å². The Hall–Kier alpha value is -2.54. The molecule has 7 heteroatoms. The highest BCUT2D eigenvalue weighted by Crippen LogP contribution is 2.40. The van der Waals surface area contributed by atoms with E-state index in [1.807, 2.05) is 12.1 Å². The quantitative estimate of drug-likeness (QED) is 0.355. The minimum atomic E-state index is -0.216. The van der Waals surface area contributed by atoms with Crippen molar-refractivity contribution in [1.82, 2.24) is 5.43 Å². The minimum Gasteiger partial charge on any atom is -0.507 e. The number of methoxy groups -OCH3 is 1. The summed E-state index contributed by atoms with van der Waals surface area (Å²) in [4.78, 5) is 12.3. The number of hydrazone groups is 1. The third-order valence-corrected chi connectivity index (χ3v) is 5.70. The van der Waals surface area contributed by atoms with Gasteiger partial charge in [0.15, 0.2) is 11.5 Å². The van der Waals surface area contributed by atoms with E-state index in [0.29, 0.717) is 28.0 Å². The van der Waals surface area contributed by atoms with Gasteiger partial charge in [0, 0.05) is 6.42 Å². The first-order valence-electron chi connectivity index (χ1n) is 10.5. The molecule has 0 heterocycles. The Morgan fingerprint density at radius 3 is 2.09 bits per heavy atom. The average molecular weight is 505 g/mol. The van der Waals surface area contributed by atoms with Crippen molar-refractivity contribution in [3.63, 3.8) is 0 Å². The van der Waals surface area contributed by atoms with Gasteiger partial charge >= 0.3 is 0 Å². The van der Waals surface area contributed by atoms with Crippen molar-refractivity contribution in [2.24, 2.45) is 5.10 Å². The van der Waals surface area contributed by atoms with Crippen LogP contribution in [0.4, 0.5) is 0 Å². The van der Waals surface area contributed by atoms with Gasteiger partial charge in [-0.2, -0.15) is 5.10 Å². The summed E-state index contributed by atoms with van der Waals surface area (Å²) in [5.41, 5.74) is 5.53. The van der Waals surface area contributed by atoms with Gasteiger partial charge in [-0.15, -0.1) is 0 Å². The Kier molecular flexibility index (Phi) is 7.99. The van der Waals surface area contributed by atoms with E-state index >= 15 is 0 Å². The number of nitrogens with zero attached hydrogens (tertiary/aromatic N) is 1. The number of carbonyl (C=O) groups is 1. The minimum absolute atomic E-state index is 0.00633. The highest BCUT2D eigenvalue weighted by Gasteiger charge is 2.26. The van der Waals surface area contributed by atoms with E-state index in [1.165, 1.54) is 13.3 Å². The zero-order valence-electron chi connectivity index (χ0n) is 19.8. The first kappa shape index (κ1) is 25.7. The molecule has 32 heavy (non-hydrogen) atoms. The molecule has 0 radical (unpaired) electrons. The Labute approximate surface area is 198 Å². The summed E-state index contributed by atoms with van der Waals surface area (Å²) in [5.74, 6) is 0.433. The van der Waals surface area contributed by atoms with Crippen LogP contribution in [0.1, 0.15) is 70.2 Å². The summed E-state index contributed by atoms with van der Waals surface area (Å²) in [6, 6.07) is 7.27. The molecule has 2 aromatic carbocycles. The number of nitrogens with one attached hydrogen (secondary N) is 1. The molecule has 2 aromatic rings. The number of phenols is 2. The highest BCUT2D eigenvalue weighted by atomic mass is 79.9. The monoisotopic (exact) mass is 504 g/mol. The fourth-order valence-electron chi connectivity index (χ4n) is 3.30. The zero-order valence-corrected chi connectivity index (χ0v) is 21.4. The van der Waals surface area contributed by atoms with Crippen LogP contribution in [0.25, 0.3) is 0 Å². The number of hydrogen-bond donors (Lipinski definition) is 3. The predicted octanol–water partition coefficient (Wildman–Crippen LogP) is 5.55. The number of benzene rings is 2. The number of halogens is 1. The van der Waals surface area contributed by atoms with E-state index in [4.69, 9.17) is 4.74 Å². The zero-order chi connectivity index (χ0) is 24.3. The van der Waals surface area contributed by atoms with Crippen LogP contribution in [-0.4, -0.2) is 29.4 Å². The number of phenolic OH excluding ortho intramolecular Hbond substituents is 2. The molecule has 0 unspecified atom stereocenters. The maximum Gasteiger partial charge on any atom is 0.240 e. The molecule has 0 saturated carbocycles. The second-order valence-electron chi connectivity index (χ2n) is 9.89. The smallest absolute Gasteiger partial charge is 0.240 e. The van der Waals surface area contributed by atoms with E-state index in [0.717, 1.165) is 16.7 Å². The standard InChI is InChI=1S/C25H33BrN2O4/c1-24(2,3)17-10-15(11-18(22(17)30)25(4,5)6)8-9-21(29)28-27-14-16-12-19(26)23(31)20(13-16)32-7/h10-14,30-31H,8-9H2,1-7H3,(H,28,29). The Bertz CT molecular complexity index is 983. The molecule has 3 N–H and O–H groups in total. The number of aryl methyl sites for hydroxylation is 1. The molecule has 0 atom stereocenters. The van der Waals surface area contributed by atoms with Crippen molar-refractivity contribution in [2.45, 2.75) is 65.2 Å². The van der Waals surface area contributed by atoms with E-state index in [-0.39, 0.29) is 28.9 Å². The van der Waals surface area contributed by atoms with Crippen molar-refractivity contribution < 1.29 is 19.7 Å². The molecule has 0 aliphatic rings. The third kappa shape index (κ3) is 6.48. The number of aromatic hydroxyl groups is 2. The Morgan fingerprint density at radius 1 is 1.03 bits per heavy atom. The lowest BCUT2D eigenvalue weighted by atomic mass is 9.78. The lowest BCUT2D eigenvalue weighted by Crippen LogP contribution is -2.20. The highest BCUT2D eigenvalue weighted by molar-refractivity contribution is 9.10. The van der Waals surface area contributed by atoms with Gasteiger partial charge in [0.1, 0.15) is 5.75 Å². The fraction of sp³-hybridized carbons (Fsp3) is 0.440. The lowest BCUT2D eigenvalue weighted by Gasteiger charge is -2.28. The molecule has 0 aliphatic heterocycles. The van der Waals surface area contributed by atoms with Crippen LogP contribution in [0.3, 0.4) is 0 Å². The fourth-order valence-corrected chi connectivity index (χ4v) is 3.76. The van der Waals surface area contributed by atoms with E-state index < -0.39 is 0 Å². The van der Waals surface area contributed by atoms with Gasteiger partial charge in [-0.05, 0) is 67.6 Å². The summed E-state index contributed by atoms with van der Waals surface area (Å²) in [7, 11) is 1.46. The van der Waals surface area contributed by atoms with Crippen LogP contribution >= 0.6 is 15.9 Å². The number of ether oxygens (including phenoxy) is 1. The van der Waals surface area contributed by atoms with Crippen LogP contribution in [0.2, 0.25) is 0 Å². The number of amides is 1. The Balaban J connectivity index is 2.11. The normalized spacial score (nSPS) is 12.2.